The standard InChI is InChI=1S/C10H12O5/c1-15-7-2-3-8(11)6(4-7)5-9(12)10(13)14/h2-4,9,11-12H,5H2,1H3,(H,13,14). The number of ether oxygens (including phenoxy) is 1. The predicted octanol–water partition coefficient (Wildman–Crippen LogP) is 0.389. The molecule has 0 aromatic heterocycles. The lowest BCUT2D eigenvalue weighted by molar-refractivity contribution is -0.146. The molecule has 0 saturated heterocycles. The third-order valence-corrected chi connectivity index (χ3v) is 1.98. The second kappa shape index (κ2) is 4.65. The minimum atomic E-state index is -1.52. The minimum Gasteiger partial charge on any atom is -0.508 e. The highest BCUT2D eigenvalue weighted by Crippen LogP contribution is 2.23. The molecule has 1 unspecified atom stereocenters. The zero-order valence-electron chi connectivity index (χ0n) is 8.17. The molecular formula is C10H12O5. The maximum absolute atomic E-state index is 10.4. The van der Waals surface area contributed by atoms with E-state index >= 15 is 0 Å². The van der Waals surface area contributed by atoms with E-state index in [1.807, 2.05) is 0 Å². The van der Waals surface area contributed by atoms with Crippen molar-refractivity contribution in [2.75, 3.05) is 7.11 Å². The number of phenols is 1. The number of aliphatic hydroxyl groups is 1. The van der Waals surface area contributed by atoms with Gasteiger partial charge in [-0.1, -0.05) is 0 Å². The van der Waals surface area contributed by atoms with E-state index in [4.69, 9.17) is 14.9 Å². The van der Waals surface area contributed by atoms with Gasteiger partial charge in [0.25, 0.3) is 0 Å². The molecule has 0 aliphatic heterocycles. The van der Waals surface area contributed by atoms with Crippen molar-refractivity contribution in [3.05, 3.63) is 23.8 Å². The predicted molar refractivity (Wildman–Crippen MR) is 52.0 cm³/mol. The van der Waals surface area contributed by atoms with Gasteiger partial charge in [-0.25, -0.2) is 4.79 Å². The van der Waals surface area contributed by atoms with Crippen molar-refractivity contribution in [1.82, 2.24) is 0 Å². The number of aliphatic carboxylic acids is 1. The van der Waals surface area contributed by atoms with Crippen molar-refractivity contribution in [2.24, 2.45) is 0 Å². The molecule has 1 aromatic rings. The van der Waals surface area contributed by atoms with Crippen LogP contribution in [0.2, 0.25) is 0 Å². The van der Waals surface area contributed by atoms with Crippen molar-refractivity contribution in [3.63, 3.8) is 0 Å². The lowest BCUT2D eigenvalue weighted by atomic mass is 10.1. The summed E-state index contributed by atoms with van der Waals surface area (Å²) in [5.41, 5.74) is 0.337. The maximum atomic E-state index is 10.4. The molecule has 0 saturated carbocycles. The van der Waals surface area contributed by atoms with Crippen LogP contribution in [0.1, 0.15) is 5.56 Å². The molecule has 0 radical (unpaired) electrons. The summed E-state index contributed by atoms with van der Waals surface area (Å²) in [6.45, 7) is 0. The zero-order chi connectivity index (χ0) is 11.4. The molecule has 5 heteroatoms. The average molecular weight is 212 g/mol. The topological polar surface area (TPSA) is 87.0 Å². The molecule has 5 nitrogen and oxygen atoms in total. The van der Waals surface area contributed by atoms with Gasteiger partial charge in [0.15, 0.2) is 6.10 Å². The van der Waals surface area contributed by atoms with E-state index < -0.39 is 12.1 Å². The Hall–Kier alpha value is -1.75. The van der Waals surface area contributed by atoms with Crippen LogP contribution in [0.5, 0.6) is 11.5 Å². The Balaban J connectivity index is 2.88. The lowest BCUT2D eigenvalue weighted by Crippen LogP contribution is -2.22. The summed E-state index contributed by atoms with van der Waals surface area (Å²) < 4.78 is 4.91. The van der Waals surface area contributed by atoms with Gasteiger partial charge in [0.1, 0.15) is 11.5 Å². The molecule has 1 atom stereocenters. The van der Waals surface area contributed by atoms with Crippen LogP contribution in [-0.2, 0) is 11.2 Å². The Labute approximate surface area is 86.5 Å². The summed E-state index contributed by atoms with van der Waals surface area (Å²) >= 11 is 0. The van der Waals surface area contributed by atoms with Gasteiger partial charge < -0.3 is 20.1 Å². The van der Waals surface area contributed by atoms with Gasteiger partial charge in [-0.3, -0.25) is 0 Å². The number of carboxylic acids is 1. The number of aromatic hydroxyl groups is 1. The van der Waals surface area contributed by atoms with Gasteiger partial charge in [0.05, 0.1) is 7.11 Å². The van der Waals surface area contributed by atoms with E-state index in [1.165, 1.54) is 19.2 Å². The minimum absolute atomic E-state index is 0.0592. The normalized spacial score (nSPS) is 12.1. The van der Waals surface area contributed by atoms with E-state index in [9.17, 15) is 9.90 Å². The second-order valence-electron chi connectivity index (χ2n) is 3.05. The molecule has 0 aliphatic rings. The van der Waals surface area contributed by atoms with Crippen LogP contribution in [0.4, 0.5) is 0 Å². The highest BCUT2D eigenvalue weighted by Gasteiger charge is 2.16. The first-order chi connectivity index (χ1) is 7.04. The Morgan fingerprint density at radius 3 is 2.73 bits per heavy atom. The quantitative estimate of drug-likeness (QED) is 0.672. The van der Waals surface area contributed by atoms with Gasteiger partial charge in [-0.15, -0.1) is 0 Å². The molecule has 0 heterocycles. The average Bonchev–Trinajstić information content (AvgIpc) is 2.21. The van der Waals surface area contributed by atoms with Gasteiger partial charge in [0, 0.05) is 12.0 Å². The third kappa shape index (κ3) is 2.85. The number of carbonyl (C=O) groups is 1. The molecular weight excluding hydrogens is 200 g/mol. The van der Waals surface area contributed by atoms with E-state index in [-0.39, 0.29) is 12.2 Å². The highest BCUT2D eigenvalue weighted by atomic mass is 16.5. The fraction of sp³-hybridized carbons (Fsp3) is 0.300. The molecule has 1 rings (SSSR count). The van der Waals surface area contributed by atoms with E-state index in [0.29, 0.717) is 11.3 Å². The molecule has 0 fully saturated rings. The first-order valence-corrected chi connectivity index (χ1v) is 4.31. The monoisotopic (exact) mass is 212 g/mol. The van der Waals surface area contributed by atoms with Crippen molar-refractivity contribution in [3.8, 4) is 11.5 Å². The number of hydrogen-bond acceptors (Lipinski definition) is 4. The van der Waals surface area contributed by atoms with Crippen LogP contribution in [0.15, 0.2) is 18.2 Å². The summed E-state index contributed by atoms with van der Waals surface area (Å²) in [6.07, 6.45) is -1.68. The molecule has 15 heavy (non-hydrogen) atoms. The van der Waals surface area contributed by atoms with Crippen molar-refractivity contribution >= 4 is 5.97 Å². The van der Waals surface area contributed by atoms with Crippen LogP contribution in [0, 0.1) is 0 Å². The summed E-state index contributed by atoms with van der Waals surface area (Å²) in [4.78, 5) is 10.4. The van der Waals surface area contributed by atoms with Crippen molar-refractivity contribution < 1.29 is 24.9 Å². The second-order valence-corrected chi connectivity index (χ2v) is 3.05. The zero-order valence-corrected chi connectivity index (χ0v) is 8.17. The van der Waals surface area contributed by atoms with Crippen LogP contribution >= 0.6 is 0 Å². The molecule has 0 spiro atoms. The Bertz CT molecular complexity index is 361. The first kappa shape index (κ1) is 11.3. The Morgan fingerprint density at radius 2 is 2.20 bits per heavy atom. The van der Waals surface area contributed by atoms with Gasteiger partial charge >= 0.3 is 5.97 Å². The summed E-state index contributed by atoms with van der Waals surface area (Å²) in [5, 5.41) is 27.0. The van der Waals surface area contributed by atoms with E-state index in [0.717, 1.165) is 0 Å². The third-order valence-electron chi connectivity index (χ3n) is 1.98. The Morgan fingerprint density at radius 1 is 1.53 bits per heavy atom. The first-order valence-electron chi connectivity index (χ1n) is 4.31. The molecule has 3 N–H and O–H groups in total. The number of phenolic OH excluding ortho intramolecular Hbond substituents is 1. The molecule has 82 valence electrons. The summed E-state index contributed by atoms with van der Waals surface area (Å²) in [7, 11) is 1.46. The number of hydrogen-bond donors (Lipinski definition) is 3. The summed E-state index contributed by atoms with van der Waals surface area (Å²) in [5.74, 6) is -0.881. The lowest BCUT2D eigenvalue weighted by Gasteiger charge is -2.09. The van der Waals surface area contributed by atoms with E-state index in [1.54, 1.807) is 6.07 Å². The molecule has 0 bridgehead atoms. The van der Waals surface area contributed by atoms with Crippen LogP contribution in [0.3, 0.4) is 0 Å². The molecule has 0 aliphatic carbocycles. The SMILES string of the molecule is COc1ccc(O)c(CC(O)C(=O)O)c1. The van der Waals surface area contributed by atoms with Crippen LogP contribution < -0.4 is 4.74 Å². The summed E-state index contributed by atoms with van der Waals surface area (Å²) in [6, 6.07) is 4.43. The number of benzene rings is 1. The van der Waals surface area contributed by atoms with Gasteiger partial charge in [-0.2, -0.15) is 0 Å². The fourth-order valence-electron chi connectivity index (χ4n) is 1.15. The van der Waals surface area contributed by atoms with Gasteiger partial charge in [0.2, 0.25) is 0 Å². The van der Waals surface area contributed by atoms with Crippen LogP contribution in [0.25, 0.3) is 0 Å². The van der Waals surface area contributed by atoms with Gasteiger partial charge in [-0.05, 0) is 18.2 Å². The Kier molecular flexibility index (Phi) is 3.51. The highest BCUT2D eigenvalue weighted by molar-refractivity contribution is 5.72. The van der Waals surface area contributed by atoms with Crippen molar-refractivity contribution in [2.45, 2.75) is 12.5 Å². The maximum Gasteiger partial charge on any atom is 0.332 e. The fourth-order valence-corrected chi connectivity index (χ4v) is 1.15. The number of carboxylic acid groups (broad SMARTS) is 1. The van der Waals surface area contributed by atoms with Crippen molar-refractivity contribution in [1.29, 1.82) is 0 Å². The largest absolute Gasteiger partial charge is 0.508 e. The number of rotatable bonds is 4. The molecule has 0 amide bonds. The van der Waals surface area contributed by atoms with Crippen LogP contribution in [-0.4, -0.2) is 34.5 Å². The molecule has 1 aromatic carbocycles. The number of aliphatic hydroxyl groups excluding tert-OH is 1. The number of methoxy groups -OCH3 is 1. The van der Waals surface area contributed by atoms with E-state index in [2.05, 4.69) is 0 Å². The smallest absolute Gasteiger partial charge is 0.332 e.